The molecule has 0 aliphatic heterocycles. The lowest BCUT2D eigenvalue weighted by molar-refractivity contribution is -0.384. The van der Waals surface area contributed by atoms with E-state index in [1.807, 2.05) is 30.3 Å². The number of hydrogen-bond donors (Lipinski definition) is 1. The van der Waals surface area contributed by atoms with Crippen LogP contribution in [-0.2, 0) is 0 Å². The lowest BCUT2D eigenvalue weighted by Gasteiger charge is -2.00. The Kier molecular flexibility index (Phi) is 4.58. The molecule has 120 valence electrons. The second-order valence-corrected chi connectivity index (χ2v) is 5.27. The van der Waals surface area contributed by atoms with Gasteiger partial charge in [0.25, 0.3) is 5.69 Å². The topological polar surface area (TPSA) is 80.7 Å². The number of para-hydroxylation sites is 1. The van der Waals surface area contributed by atoms with Crippen LogP contribution in [0.25, 0.3) is 11.3 Å². The minimum atomic E-state index is -0.477. The van der Waals surface area contributed by atoms with Crippen LogP contribution in [0, 0.1) is 10.1 Å². The van der Waals surface area contributed by atoms with Crippen LogP contribution in [0.5, 0.6) is 0 Å². The number of anilines is 1. The second kappa shape index (κ2) is 6.97. The van der Waals surface area contributed by atoms with Crippen LogP contribution >= 0.6 is 11.6 Å². The largest absolute Gasteiger partial charge is 0.455 e. The quantitative estimate of drug-likeness (QED) is 0.404. The first-order valence-corrected chi connectivity index (χ1v) is 7.39. The third-order valence-corrected chi connectivity index (χ3v) is 3.54. The molecular weight excluding hydrogens is 330 g/mol. The SMILES string of the molecule is O=[N+]([O-])c1ccc(Cl)c(-c2ccc(C=NNc3ccccc3)o2)c1. The summed E-state index contributed by atoms with van der Waals surface area (Å²) in [5.41, 5.74) is 4.13. The van der Waals surface area contributed by atoms with Gasteiger partial charge >= 0.3 is 0 Å². The van der Waals surface area contributed by atoms with Crippen LogP contribution in [0.4, 0.5) is 11.4 Å². The van der Waals surface area contributed by atoms with Crippen molar-refractivity contribution in [2.45, 2.75) is 0 Å². The molecule has 0 unspecified atom stereocenters. The molecule has 0 saturated carbocycles. The predicted molar refractivity (Wildman–Crippen MR) is 93.5 cm³/mol. The molecule has 0 radical (unpaired) electrons. The van der Waals surface area contributed by atoms with Gasteiger partial charge in [0.2, 0.25) is 0 Å². The van der Waals surface area contributed by atoms with Gasteiger partial charge in [-0.05, 0) is 30.3 Å². The van der Waals surface area contributed by atoms with Gasteiger partial charge in [-0.15, -0.1) is 0 Å². The number of nitrogens with zero attached hydrogens (tertiary/aromatic N) is 2. The second-order valence-electron chi connectivity index (χ2n) is 4.86. The standard InChI is InChI=1S/C17H12ClN3O3/c18-16-8-6-13(21(22)23)10-15(16)17-9-7-14(24-17)11-19-20-12-4-2-1-3-5-12/h1-11,20H. The number of hydrazone groups is 1. The van der Waals surface area contributed by atoms with Crippen LogP contribution < -0.4 is 5.43 Å². The fourth-order valence-corrected chi connectivity index (χ4v) is 2.28. The van der Waals surface area contributed by atoms with Crippen molar-refractivity contribution in [1.29, 1.82) is 0 Å². The lowest BCUT2D eigenvalue weighted by atomic mass is 10.1. The highest BCUT2D eigenvalue weighted by molar-refractivity contribution is 6.33. The molecule has 0 spiro atoms. The van der Waals surface area contributed by atoms with E-state index in [9.17, 15) is 10.1 Å². The number of nitro groups is 1. The highest BCUT2D eigenvalue weighted by Crippen LogP contribution is 2.32. The number of non-ortho nitro benzene ring substituents is 1. The Hall–Kier alpha value is -3.12. The summed E-state index contributed by atoms with van der Waals surface area (Å²) in [5.74, 6) is 0.931. The minimum absolute atomic E-state index is 0.0493. The van der Waals surface area contributed by atoms with E-state index in [4.69, 9.17) is 16.0 Å². The van der Waals surface area contributed by atoms with E-state index in [-0.39, 0.29) is 5.69 Å². The summed E-state index contributed by atoms with van der Waals surface area (Å²) in [6, 6.07) is 17.1. The number of benzene rings is 2. The molecule has 3 aromatic rings. The Balaban J connectivity index is 1.78. The number of nitrogens with one attached hydrogen (secondary N) is 1. The van der Waals surface area contributed by atoms with Crippen LogP contribution in [0.1, 0.15) is 5.76 Å². The van der Waals surface area contributed by atoms with Crippen molar-refractivity contribution in [2.24, 2.45) is 5.10 Å². The molecule has 1 aromatic heterocycles. The van der Waals surface area contributed by atoms with Gasteiger partial charge in [-0.3, -0.25) is 15.5 Å². The molecular formula is C17H12ClN3O3. The van der Waals surface area contributed by atoms with E-state index in [1.165, 1.54) is 24.4 Å². The molecule has 0 bridgehead atoms. The molecule has 24 heavy (non-hydrogen) atoms. The average Bonchev–Trinajstić information content (AvgIpc) is 3.04. The first-order chi connectivity index (χ1) is 11.6. The Morgan fingerprint density at radius 3 is 2.67 bits per heavy atom. The Morgan fingerprint density at radius 2 is 1.92 bits per heavy atom. The summed E-state index contributed by atoms with van der Waals surface area (Å²) >= 11 is 6.10. The number of nitro benzene ring substituents is 1. The molecule has 3 rings (SSSR count). The van der Waals surface area contributed by atoms with Crippen LogP contribution in [-0.4, -0.2) is 11.1 Å². The molecule has 0 aliphatic rings. The smallest absolute Gasteiger partial charge is 0.270 e. The molecule has 0 fully saturated rings. The fourth-order valence-electron chi connectivity index (χ4n) is 2.07. The zero-order valence-corrected chi connectivity index (χ0v) is 13.1. The van der Waals surface area contributed by atoms with Gasteiger partial charge in [-0.25, -0.2) is 0 Å². The molecule has 6 nitrogen and oxygen atoms in total. The monoisotopic (exact) mass is 341 g/mol. The van der Waals surface area contributed by atoms with Gasteiger partial charge in [-0.2, -0.15) is 5.10 Å². The summed E-state index contributed by atoms with van der Waals surface area (Å²) in [7, 11) is 0. The van der Waals surface area contributed by atoms with Gasteiger partial charge in [0.15, 0.2) is 0 Å². The Bertz CT molecular complexity index is 891. The zero-order chi connectivity index (χ0) is 16.9. The van der Waals surface area contributed by atoms with E-state index in [0.29, 0.717) is 22.1 Å². The first kappa shape index (κ1) is 15.8. The van der Waals surface area contributed by atoms with Crippen LogP contribution in [0.2, 0.25) is 5.02 Å². The van der Waals surface area contributed by atoms with Crippen molar-refractivity contribution in [3.63, 3.8) is 0 Å². The van der Waals surface area contributed by atoms with Crippen molar-refractivity contribution >= 4 is 29.2 Å². The fraction of sp³-hybridized carbons (Fsp3) is 0. The molecule has 7 heteroatoms. The molecule has 0 amide bonds. The van der Waals surface area contributed by atoms with E-state index < -0.39 is 4.92 Å². The summed E-state index contributed by atoms with van der Waals surface area (Å²) in [6.07, 6.45) is 1.52. The van der Waals surface area contributed by atoms with Crippen molar-refractivity contribution in [2.75, 3.05) is 5.43 Å². The molecule has 1 N–H and O–H groups in total. The van der Waals surface area contributed by atoms with Crippen LogP contribution in [0.15, 0.2) is 70.2 Å². The van der Waals surface area contributed by atoms with Crippen molar-refractivity contribution in [3.8, 4) is 11.3 Å². The summed E-state index contributed by atoms with van der Waals surface area (Å²) in [5, 5.41) is 15.3. The molecule has 0 aliphatic carbocycles. The summed E-state index contributed by atoms with van der Waals surface area (Å²) < 4.78 is 5.63. The van der Waals surface area contributed by atoms with Crippen molar-refractivity contribution in [3.05, 3.63) is 81.6 Å². The van der Waals surface area contributed by atoms with Gasteiger partial charge in [0.1, 0.15) is 11.5 Å². The maximum absolute atomic E-state index is 10.9. The van der Waals surface area contributed by atoms with Crippen molar-refractivity contribution in [1.82, 2.24) is 0 Å². The maximum Gasteiger partial charge on any atom is 0.270 e. The highest BCUT2D eigenvalue weighted by Gasteiger charge is 2.14. The maximum atomic E-state index is 10.9. The molecule has 1 heterocycles. The average molecular weight is 342 g/mol. The lowest BCUT2D eigenvalue weighted by Crippen LogP contribution is -1.89. The van der Waals surface area contributed by atoms with E-state index in [1.54, 1.807) is 12.1 Å². The van der Waals surface area contributed by atoms with E-state index >= 15 is 0 Å². The number of halogens is 1. The van der Waals surface area contributed by atoms with E-state index in [2.05, 4.69) is 10.5 Å². The normalized spacial score (nSPS) is 10.9. The van der Waals surface area contributed by atoms with Gasteiger partial charge < -0.3 is 4.42 Å². The highest BCUT2D eigenvalue weighted by atomic mass is 35.5. The Labute approximate surface area is 142 Å². The number of furan rings is 1. The molecule has 0 saturated heterocycles. The van der Waals surface area contributed by atoms with Gasteiger partial charge in [-0.1, -0.05) is 29.8 Å². The van der Waals surface area contributed by atoms with Gasteiger partial charge in [0, 0.05) is 17.7 Å². The third-order valence-electron chi connectivity index (χ3n) is 3.21. The number of hydrogen-bond acceptors (Lipinski definition) is 5. The predicted octanol–water partition coefficient (Wildman–Crippen LogP) is 4.95. The van der Waals surface area contributed by atoms with E-state index in [0.717, 1.165) is 5.69 Å². The summed E-state index contributed by atoms with van der Waals surface area (Å²) in [4.78, 5) is 10.4. The Morgan fingerprint density at radius 1 is 1.12 bits per heavy atom. The minimum Gasteiger partial charge on any atom is -0.455 e. The zero-order valence-electron chi connectivity index (χ0n) is 12.3. The van der Waals surface area contributed by atoms with Gasteiger partial charge in [0.05, 0.1) is 21.8 Å². The molecule has 2 aromatic carbocycles. The first-order valence-electron chi connectivity index (χ1n) is 7.02. The number of rotatable bonds is 5. The molecule has 0 atom stereocenters. The third kappa shape index (κ3) is 3.61. The summed E-state index contributed by atoms with van der Waals surface area (Å²) in [6.45, 7) is 0. The van der Waals surface area contributed by atoms with Crippen molar-refractivity contribution < 1.29 is 9.34 Å². The van der Waals surface area contributed by atoms with Crippen LogP contribution in [0.3, 0.4) is 0 Å².